The van der Waals surface area contributed by atoms with E-state index < -0.39 is 11.5 Å². The lowest BCUT2D eigenvalue weighted by Gasteiger charge is -2.26. The van der Waals surface area contributed by atoms with Crippen LogP contribution in [0, 0.1) is 0 Å². The molecule has 0 aliphatic heterocycles. The van der Waals surface area contributed by atoms with Crippen LogP contribution in [0.1, 0.15) is 25.8 Å². The van der Waals surface area contributed by atoms with E-state index in [2.05, 4.69) is 0 Å². The average Bonchev–Trinajstić information content (AvgIpc) is 2.25. The number of halogens is 2. The smallest absolute Gasteiger partial charge is 0.275 e. The quantitative estimate of drug-likeness (QED) is 0.872. The van der Waals surface area contributed by atoms with Gasteiger partial charge in [-0.25, -0.2) is 8.78 Å². The van der Waals surface area contributed by atoms with E-state index in [1.165, 1.54) is 6.07 Å². The molecule has 0 heterocycles. The van der Waals surface area contributed by atoms with Crippen molar-refractivity contribution in [1.82, 2.24) is 0 Å². The van der Waals surface area contributed by atoms with E-state index in [0.717, 1.165) is 5.39 Å². The van der Waals surface area contributed by atoms with E-state index in [1.54, 1.807) is 32.0 Å². The molecule has 0 atom stereocenters. The zero-order chi connectivity index (χ0) is 13.4. The highest BCUT2D eigenvalue weighted by Crippen LogP contribution is 2.38. The van der Waals surface area contributed by atoms with Crippen molar-refractivity contribution in [2.45, 2.75) is 31.7 Å². The maximum atomic E-state index is 14.3. The number of benzene rings is 2. The molecule has 0 amide bonds. The fourth-order valence-corrected chi connectivity index (χ4v) is 2.21. The van der Waals surface area contributed by atoms with Crippen molar-refractivity contribution in [2.75, 3.05) is 0 Å². The monoisotopic (exact) mass is 249 g/mol. The van der Waals surface area contributed by atoms with Crippen molar-refractivity contribution in [3.8, 4) is 0 Å². The SMILES string of the molecule is CC(C)(N)CC(F)(F)c1cccc2ccccc12. The zero-order valence-corrected chi connectivity index (χ0v) is 10.6. The van der Waals surface area contributed by atoms with Gasteiger partial charge in [0, 0.05) is 17.5 Å². The molecule has 18 heavy (non-hydrogen) atoms. The third kappa shape index (κ3) is 2.67. The predicted molar refractivity (Wildman–Crippen MR) is 70.7 cm³/mol. The first kappa shape index (κ1) is 13.0. The van der Waals surface area contributed by atoms with Gasteiger partial charge in [-0.15, -0.1) is 0 Å². The highest BCUT2D eigenvalue weighted by Gasteiger charge is 2.37. The summed E-state index contributed by atoms with van der Waals surface area (Å²) in [4.78, 5) is 0. The van der Waals surface area contributed by atoms with Crippen LogP contribution in [0.3, 0.4) is 0 Å². The molecule has 0 aromatic heterocycles. The Balaban J connectivity index is 2.53. The molecule has 1 nitrogen and oxygen atoms in total. The molecule has 96 valence electrons. The molecule has 0 radical (unpaired) electrons. The van der Waals surface area contributed by atoms with Crippen LogP contribution in [-0.4, -0.2) is 5.54 Å². The first-order valence-electron chi connectivity index (χ1n) is 5.95. The van der Waals surface area contributed by atoms with Crippen LogP contribution in [0.15, 0.2) is 42.5 Å². The fraction of sp³-hybridized carbons (Fsp3) is 0.333. The number of fused-ring (bicyclic) bond motifs is 1. The van der Waals surface area contributed by atoms with Gasteiger partial charge >= 0.3 is 0 Å². The molecule has 0 saturated heterocycles. The Morgan fingerprint density at radius 2 is 1.61 bits per heavy atom. The van der Waals surface area contributed by atoms with Crippen LogP contribution in [0.2, 0.25) is 0 Å². The second kappa shape index (κ2) is 4.32. The van der Waals surface area contributed by atoms with Crippen molar-refractivity contribution < 1.29 is 8.78 Å². The molecule has 0 spiro atoms. The average molecular weight is 249 g/mol. The molecule has 2 rings (SSSR count). The molecule has 2 aromatic rings. The Bertz CT molecular complexity index is 550. The molecule has 0 fully saturated rings. The van der Waals surface area contributed by atoms with Crippen LogP contribution in [0.4, 0.5) is 8.78 Å². The summed E-state index contributed by atoms with van der Waals surface area (Å²) in [7, 11) is 0. The van der Waals surface area contributed by atoms with Gasteiger partial charge in [-0.2, -0.15) is 0 Å². The summed E-state index contributed by atoms with van der Waals surface area (Å²) in [6, 6.07) is 12.2. The molecule has 0 aliphatic carbocycles. The summed E-state index contributed by atoms with van der Waals surface area (Å²) in [6.07, 6.45) is -0.367. The Morgan fingerprint density at radius 1 is 1.00 bits per heavy atom. The fourth-order valence-electron chi connectivity index (χ4n) is 2.21. The van der Waals surface area contributed by atoms with Gasteiger partial charge in [0.2, 0.25) is 0 Å². The van der Waals surface area contributed by atoms with Crippen LogP contribution < -0.4 is 5.73 Å². The summed E-state index contributed by atoms with van der Waals surface area (Å²) in [5, 5.41) is 1.42. The molecular formula is C15H17F2N. The molecular weight excluding hydrogens is 232 g/mol. The Morgan fingerprint density at radius 3 is 2.28 bits per heavy atom. The molecule has 3 heteroatoms. The number of alkyl halides is 2. The first-order valence-corrected chi connectivity index (χ1v) is 5.95. The third-order valence-electron chi connectivity index (χ3n) is 2.86. The summed E-state index contributed by atoms with van der Waals surface area (Å²) in [5.41, 5.74) is 4.88. The minimum atomic E-state index is -2.92. The lowest BCUT2D eigenvalue weighted by molar-refractivity contribution is -0.0281. The lowest BCUT2D eigenvalue weighted by atomic mass is 9.90. The van der Waals surface area contributed by atoms with E-state index in [0.29, 0.717) is 5.39 Å². The summed E-state index contributed by atoms with van der Waals surface area (Å²) >= 11 is 0. The molecule has 0 saturated carbocycles. The van der Waals surface area contributed by atoms with Crippen LogP contribution in [-0.2, 0) is 5.92 Å². The molecule has 2 aromatic carbocycles. The maximum absolute atomic E-state index is 14.3. The van der Waals surface area contributed by atoms with Crippen molar-refractivity contribution in [1.29, 1.82) is 0 Å². The number of hydrogen-bond acceptors (Lipinski definition) is 1. The van der Waals surface area contributed by atoms with E-state index in [9.17, 15) is 8.78 Å². The highest BCUT2D eigenvalue weighted by molar-refractivity contribution is 5.86. The largest absolute Gasteiger partial charge is 0.325 e. The van der Waals surface area contributed by atoms with E-state index in [4.69, 9.17) is 5.73 Å². The van der Waals surface area contributed by atoms with Crippen LogP contribution >= 0.6 is 0 Å². The molecule has 2 N–H and O–H groups in total. The van der Waals surface area contributed by atoms with E-state index in [-0.39, 0.29) is 12.0 Å². The van der Waals surface area contributed by atoms with E-state index >= 15 is 0 Å². The Hall–Kier alpha value is -1.48. The number of hydrogen-bond donors (Lipinski definition) is 1. The van der Waals surface area contributed by atoms with Gasteiger partial charge in [0.1, 0.15) is 0 Å². The van der Waals surface area contributed by atoms with Gasteiger partial charge in [-0.3, -0.25) is 0 Å². The normalized spacial score (nSPS) is 12.9. The van der Waals surface area contributed by atoms with Gasteiger partial charge in [-0.1, -0.05) is 42.5 Å². The lowest BCUT2D eigenvalue weighted by Crippen LogP contribution is -2.38. The van der Waals surface area contributed by atoms with Crippen molar-refractivity contribution in [3.05, 3.63) is 48.0 Å². The Kier molecular flexibility index (Phi) is 3.11. The van der Waals surface area contributed by atoms with Crippen molar-refractivity contribution in [3.63, 3.8) is 0 Å². The predicted octanol–water partition coefficient (Wildman–Crippen LogP) is 4.06. The van der Waals surface area contributed by atoms with Crippen LogP contribution in [0.25, 0.3) is 10.8 Å². The summed E-state index contributed by atoms with van der Waals surface area (Å²) < 4.78 is 28.6. The second-order valence-corrected chi connectivity index (χ2v) is 5.40. The first-order chi connectivity index (χ1) is 8.30. The van der Waals surface area contributed by atoms with Crippen molar-refractivity contribution >= 4 is 10.8 Å². The van der Waals surface area contributed by atoms with Crippen LogP contribution in [0.5, 0.6) is 0 Å². The van der Waals surface area contributed by atoms with Gasteiger partial charge in [0.15, 0.2) is 0 Å². The second-order valence-electron chi connectivity index (χ2n) is 5.40. The molecule has 0 unspecified atom stereocenters. The maximum Gasteiger partial charge on any atom is 0.275 e. The standard InChI is InChI=1S/C15H17F2N/c1-14(2,18)10-15(16,17)13-9-5-7-11-6-3-4-8-12(11)13/h3-9H,10,18H2,1-2H3. The van der Waals surface area contributed by atoms with E-state index in [1.807, 2.05) is 18.2 Å². The number of rotatable bonds is 3. The van der Waals surface area contributed by atoms with Gasteiger partial charge in [-0.05, 0) is 24.6 Å². The minimum Gasteiger partial charge on any atom is -0.325 e. The van der Waals surface area contributed by atoms with Gasteiger partial charge in [0.25, 0.3) is 5.92 Å². The van der Waals surface area contributed by atoms with Gasteiger partial charge < -0.3 is 5.73 Å². The highest BCUT2D eigenvalue weighted by atomic mass is 19.3. The summed E-state index contributed by atoms with van der Waals surface area (Å²) in [6.45, 7) is 3.23. The topological polar surface area (TPSA) is 26.0 Å². The Labute approximate surface area is 106 Å². The number of nitrogens with two attached hydrogens (primary N) is 1. The zero-order valence-electron chi connectivity index (χ0n) is 10.6. The molecule has 0 aliphatic rings. The minimum absolute atomic E-state index is 0.0547. The summed E-state index contributed by atoms with van der Waals surface area (Å²) in [5.74, 6) is -2.92. The van der Waals surface area contributed by atoms with Crippen molar-refractivity contribution in [2.24, 2.45) is 5.73 Å². The molecule has 0 bridgehead atoms. The third-order valence-corrected chi connectivity index (χ3v) is 2.86. The van der Waals surface area contributed by atoms with Gasteiger partial charge in [0.05, 0.1) is 0 Å².